The van der Waals surface area contributed by atoms with Gasteiger partial charge in [0.05, 0.1) is 18.8 Å². The van der Waals surface area contributed by atoms with E-state index in [0.29, 0.717) is 24.2 Å². The fourth-order valence-corrected chi connectivity index (χ4v) is 2.67. The molecule has 1 saturated heterocycles. The van der Waals surface area contributed by atoms with E-state index in [0.717, 1.165) is 5.56 Å². The Hall–Kier alpha value is -2.57. The molecule has 0 spiro atoms. The molecule has 0 atom stereocenters. The third-order valence-electron chi connectivity index (χ3n) is 3.95. The lowest BCUT2D eigenvalue weighted by Crippen LogP contribution is -2.50. The third-order valence-corrected chi connectivity index (χ3v) is 3.95. The van der Waals surface area contributed by atoms with Crippen molar-refractivity contribution in [1.29, 1.82) is 0 Å². The lowest BCUT2D eigenvalue weighted by atomic mass is 9.93. The van der Waals surface area contributed by atoms with Gasteiger partial charge >= 0.3 is 12.1 Å². The van der Waals surface area contributed by atoms with E-state index in [2.05, 4.69) is 5.10 Å². The summed E-state index contributed by atoms with van der Waals surface area (Å²) in [5.74, 6) is -0.162. The zero-order valence-corrected chi connectivity index (χ0v) is 14.3. The molecule has 2 aromatic heterocycles. The molecule has 1 amide bonds. The van der Waals surface area contributed by atoms with Gasteiger partial charge in [0, 0.05) is 25.2 Å². The third kappa shape index (κ3) is 3.06. The molecule has 7 nitrogen and oxygen atoms in total. The average Bonchev–Trinajstić information content (AvgIpc) is 2.86. The van der Waals surface area contributed by atoms with Crippen LogP contribution in [0, 0.1) is 0 Å². The number of esters is 1. The predicted octanol–water partition coefficient (Wildman–Crippen LogP) is 2.46. The lowest BCUT2D eigenvalue weighted by Gasteiger charge is -2.39. The Labute approximate surface area is 140 Å². The second kappa shape index (κ2) is 5.81. The Morgan fingerprint density at radius 1 is 1.25 bits per heavy atom. The van der Waals surface area contributed by atoms with Crippen LogP contribution < -0.4 is 0 Å². The molecule has 24 heavy (non-hydrogen) atoms. The van der Waals surface area contributed by atoms with Crippen molar-refractivity contribution in [3.8, 4) is 0 Å². The molecule has 0 aliphatic carbocycles. The summed E-state index contributed by atoms with van der Waals surface area (Å²) in [5, 5.41) is 4.20. The number of amides is 1. The Bertz CT molecular complexity index is 785. The topological polar surface area (TPSA) is 73.1 Å². The van der Waals surface area contributed by atoms with E-state index < -0.39 is 11.6 Å². The second-order valence-corrected chi connectivity index (χ2v) is 6.92. The van der Waals surface area contributed by atoms with Gasteiger partial charge in [0.15, 0.2) is 0 Å². The zero-order valence-electron chi connectivity index (χ0n) is 14.3. The minimum absolute atomic E-state index is 0.243. The monoisotopic (exact) mass is 331 g/mol. The fourth-order valence-electron chi connectivity index (χ4n) is 2.67. The van der Waals surface area contributed by atoms with Gasteiger partial charge in [-0.2, -0.15) is 5.10 Å². The molecule has 7 heteroatoms. The van der Waals surface area contributed by atoms with Gasteiger partial charge < -0.3 is 14.4 Å². The molecular weight excluding hydrogens is 310 g/mol. The molecule has 0 bridgehead atoms. The molecule has 1 fully saturated rings. The van der Waals surface area contributed by atoms with Crippen molar-refractivity contribution < 1.29 is 19.1 Å². The van der Waals surface area contributed by atoms with Crippen molar-refractivity contribution in [3.05, 3.63) is 35.7 Å². The van der Waals surface area contributed by atoms with Crippen LogP contribution in [0.3, 0.4) is 0 Å². The van der Waals surface area contributed by atoms with Crippen molar-refractivity contribution in [2.75, 3.05) is 20.2 Å². The Balaban J connectivity index is 1.69. The molecule has 0 radical (unpaired) electrons. The molecule has 0 N–H and O–H groups in total. The number of pyridine rings is 1. The molecule has 128 valence electrons. The van der Waals surface area contributed by atoms with E-state index in [1.807, 2.05) is 39.1 Å². The minimum atomic E-state index is -0.486. The van der Waals surface area contributed by atoms with Crippen molar-refractivity contribution in [2.24, 2.45) is 0 Å². The smallest absolute Gasteiger partial charge is 0.410 e. The van der Waals surface area contributed by atoms with Crippen LogP contribution in [0.15, 0.2) is 24.5 Å². The number of rotatable bonds is 2. The van der Waals surface area contributed by atoms with E-state index >= 15 is 0 Å². The van der Waals surface area contributed by atoms with Gasteiger partial charge in [-0.1, -0.05) is 6.07 Å². The Morgan fingerprint density at radius 3 is 2.58 bits per heavy atom. The molecule has 0 unspecified atom stereocenters. The number of nitrogens with zero attached hydrogens (tertiary/aromatic N) is 3. The fraction of sp³-hybridized carbons (Fsp3) is 0.471. The van der Waals surface area contributed by atoms with Gasteiger partial charge in [-0.05, 0) is 32.4 Å². The highest BCUT2D eigenvalue weighted by molar-refractivity contribution is 5.96. The van der Waals surface area contributed by atoms with Gasteiger partial charge in [0.1, 0.15) is 11.2 Å². The number of hydrogen-bond donors (Lipinski definition) is 0. The standard InChI is InChI=1S/C17H21N3O4/c1-17(2,3)24-16(22)19-8-12(9-19)11-5-6-14-13(15(21)23-4)7-18-20(14)10-11/h5-7,10,12H,8-9H2,1-4H3. The molecule has 1 aliphatic rings. The van der Waals surface area contributed by atoms with Crippen LogP contribution in [0.1, 0.15) is 42.6 Å². The number of methoxy groups -OCH3 is 1. The molecule has 1 aliphatic heterocycles. The minimum Gasteiger partial charge on any atom is -0.465 e. The quantitative estimate of drug-likeness (QED) is 0.790. The first-order chi connectivity index (χ1) is 11.3. The molecule has 3 rings (SSSR count). The normalized spacial score (nSPS) is 15.2. The Morgan fingerprint density at radius 2 is 1.96 bits per heavy atom. The van der Waals surface area contributed by atoms with Gasteiger partial charge in [0.25, 0.3) is 0 Å². The summed E-state index contributed by atoms with van der Waals surface area (Å²) in [6.45, 7) is 6.79. The number of fused-ring (bicyclic) bond motifs is 1. The van der Waals surface area contributed by atoms with Gasteiger partial charge in [-0.3, -0.25) is 0 Å². The molecule has 2 aromatic rings. The largest absolute Gasteiger partial charge is 0.465 e. The number of carbonyl (C=O) groups excluding carboxylic acids is 2. The number of aromatic nitrogens is 2. The van der Waals surface area contributed by atoms with Crippen LogP contribution in [-0.4, -0.2) is 52.4 Å². The summed E-state index contributed by atoms with van der Waals surface area (Å²) in [5.41, 5.74) is 1.73. The van der Waals surface area contributed by atoms with Gasteiger partial charge in [-0.15, -0.1) is 0 Å². The highest BCUT2D eigenvalue weighted by Crippen LogP contribution is 2.29. The predicted molar refractivity (Wildman–Crippen MR) is 87.1 cm³/mol. The molecule has 0 saturated carbocycles. The summed E-state index contributed by atoms with van der Waals surface area (Å²) < 4.78 is 11.8. The zero-order chi connectivity index (χ0) is 17.5. The van der Waals surface area contributed by atoms with Crippen LogP contribution in [0.5, 0.6) is 0 Å². The summed E-state index contributed by atoms with van der Waals surface area (Å²) in [7, 11) is 1.35. The van der Waals surface area contributed by atoms with Crippen LogP contribution in [0.2, 0.25) is 0 Å². The second-order valence-electron chi connectivity index (χ2n) is 6.92. The van der Waals surface area contributed by atoms with Crippen molar-refractivity contribution in [2.45, 2.75) is 32.3 Å². The van der Waals surface area contributed by atoms with E-state index in [9.17, 15) is 9.59 Å². The number of likely N-dealkylation sites (tertiary alicyclic amines) is 1. The van der Waals surface area contributed by atoms with E-state index in [-0.39, 0.29) is 12.0 Å². The SMILES string of the molecule is COC(=O)c1cnn2cc(C3CN(C(=O)OC(C)(C)C)C3)ccc12. The van der Waals surface area contributed by atoms with Gasteiger partial charge in [-0.25, -0.2) is 14.1 Å². The van der Waals surface area contributed by atoms with Crippen LogP contribution >= 0.6 is 0 Å². The van der Waals surface area contributed by atoms with Crippen molar-refractivity contribution in [3.63, 3.8) is 0 Å². The van der Waals surface area contributed by atoms with E-state index in [4.69, 9.17) is 9.47 Å². The number of ether oxygens (including phenoxy) is 2. The molecular formula is C17H21N3O4. The maximum atomic E-state index is 12.0. The number of carbonyl (C=O) groups is 2. The van der Waals surface area contributed by atoms with Crippen LogP contribution in [-0.2, 0) is 9.47 Å². The maximum Gasteiger partial charge on any atom is 0.410 e. The molecule has 0 aromatic carbocycles. The van der Waals surface area contributed by atoms with Gasteiger partial charge in [0.2, 0.25) is 0 Å². The van der Waals surface area contributed by atoms with Crippen LogP contribution in [0.4, 0.5) is 4.79 Å². The van der Waals surface area contributed by atoms with Crippen molar-refractivity contribution in [1.82, 2.24) is 14.5 Å². The number of hydrogen-bond acceptors (Lipinski definition) is 5. The van der Waals surface area contributed by atoms with Crippen LogP contribution in [0.25, 0.3) is 5.52 Å². The highest BCUT2D eigenvalue weighted by atomic mass is 16.6. The van der Waals surface area contributed by atoms with Crippen molar-refractivity contribution >= 4 is 17.6 Å². The van der Waals surface area contributed by atoms with E-state index in [1.165, 1.54) is 13.3 Å². The lowest BCUT2D eigenvalue weighted by molar-refractivity contribution is 0.00814. The summed E-state index contributed by atoms with van der Waals surface area (Å²) >= 11 is 0. The summed E-state index contributed by atoms with van der Waals surface area (Å²) in [6.07, 6.45) is 3.10. The Kier molecular flexibility index (Phi) is 3.95. The average molecular weight is 331 g/mol. The first-order valence-corrected chi connectivity index (χ1v) is 7.82. The maximum absolute atomic E-state index is 12.0. The first kappa shape index (κ1) is 16.3. The van der Waals surface area contributed by atoms with E-state index in [1.54, 1.807) is 9.42 Å². The summed E-state index contributed by atoms with van der Waals surface area (Å²) in [4.78, 5) is 25.3. The first-order valence-electron chi connectivity index (χ1n) is 7.82. The summed E-state index contributed by atoms with van der Waals surface area (Å²) in [6, 6.07) is 3.81. The highest BCUT2D eigenvalue weighted by Gasteiger charge is 2.34. The molecule has 3 heterocycles.